The third-order valence-electron chi connectivity index (χ3n) is 4.97. The number of amides is 4. The molecule has 140 valence electrons. The summed E-state index contributed by atoms with van der Waals surface area (Å²) in [7, 11) is 0. The number of benzene rings is 1. The highest BCUT2D eigenvalue weighted by Gasteiger charge is 2.54. The SMILES string of the molecule is CCc1nnc(NC(=O)CN2C(=O)NC3(CCCc4ccccc43)C2=O)s1. The molecule has 2 N–H and O–H groups in total. The fraction of sp³-hybridized carbons (Fsp3) is 0.389. The van der Waals surface area contributed by atoms with Crippen LogP contribution in [0.25, 0.3) is 0 Å². The molecule has 1 fully saturated rings. The average molecular weight is 385 g/mol. The first-order valence-corrected chi connectivity index (χ1v) is 9.70. The minimum absolute atomic E-state index is 0.352. The van der Waals surface area contributed by atoms with Crippen molar-refractivity contribution in [1.29, 1.82) is 0 Å². The number of urea groups is 1. The average Bonchev–Trinajstić information content (AvgIpc) is 3.21. The number of nitrogens with one attached hydrogen (secondary N) is 2. The van der Waals surface area contributed by atoms with E-state index < -0.39 is 17.5 Å². The lowest BCUT2D eigenvalue weighted by atomic mass is 9.76. The van der Waals surface area contributed by atoms with Crippen LogP contribution in [0, 0.1) is 0 Å². The quantitative estimate of drug-likeness (QED) is 0.782. The van der Waals surface area contributed by atoms with Gasteiger partial charge in [0.05, 0.1) is 0 Å². The molecule has 2 aromatic rings. The van der Waals surface area contributed by atoms with Crippen molar-refractivity contribution in [2.24, 2.45) is 0 Å². The Bertz CT molecular complexity index is 927. The Labute approximate surface area is 160 Å². The highest BCUT2D eigenvalue weighted by atomic mass is 32.1. The van der Waals surface area contributed by atoms with Crippen molar-refractivity contribution >= 4 is 34.3 Å². The van der Waals surface area contributed by atoms with Crippen LogP contribution in [0.2, 0.25) is 0 Å². The van der Waals surface area contributed by atoms with Crippen LogP contribution >= 0.6 is 11.3 Å². The standard InChI is InChI=1S/C18H19N5O3S/c1-2-14-21-22-16(27-14)19-13(24)10-23-15(25)18(20-17(23)26)9-5-7-11-6-3-4-8-12(11)18/h3-4,6,8H,2,5,7,9-10H2,1H3,(H,20,26)(H,19,22,24). The molecule has 4 amide bonds. The normalized spacial score (nSPS) is 21.3. The second kappa shape index (κ2) is 6.73. The van der Waals surface area contributed by atoms with Crippen LogP contribution in [-0.2, 0) is 28.0 Å². The summed E-state index contributed by atoms with van der Waals surface area (Å²) in [5.41, 5.74) is 0.823. The molecule has 1 aliphatic heterocycles. The van der Waals surface area contributed by atoms with Crippen LogP contribution in [0.15, 0.2) is 24.3 Å². The van der Waals surface area contributed by atoms with E-state index in [0.29, 0.717) is 11.6 Å². The van der Waals surface area contributed by atoms with Crippen molar-refractivity contribution in [3.8, 4) is 0 Å². The van der Waals surface area contributed by atoms with Gasteiger partial charge in [0.1, 0.15) is 17.1 Å². The summed E-state index contributed by atoms with van der Waals surface area (Å²) in [6.07, 6.45) is 2.93. The fourth-order valence-corrected chi connectivity index (χ4v) is 4.40. The van der Waals surface area contributed by atoms with Gasteiger partial charge in [0.15, 0.2) is 0 Å². The van der Waals surface area contributed by atoms with Crippen LogP contribution in [0.3, 0.4) is 0 Å². The maximum Gasteiger partial charge on any atom is 0.325 e. The van der Waals surface area contributed by atoms with Crippen molar-refractivity contribution in [1.82, 2.24) is 20.4 Å². The largest absolute Gasteiger partial charge is 0.325 e. The van der Waals surface area contributed by atoms with Gasteiger partial charge in [-0.2, -0.15) is 0 Å². The predicted octanol–water partition coefficient (Wildman–Crippen LogP) is 1.82. The van der Waals surface area contributed by atoms with E-state index in [0.717, 1.165) is 40.3 Å². The Morgan fingerprint density at radius 3 is 2.93 bits per heavy atom. The zero-order valence-corrected chi connectivity index (χ0v) is 15.6. The van der Waals surface area contributed by atoms with Gasteiger partial charge in [-0.05, 0) is 36.8 Å². The second-order valence-corrected chi connectivity index (χ2v) is 7.70. The minimum Gasteiger partial charge on any atom is -0.319 e. The lowest BCUT2D eigenvalue weighted by molar-refractivity contribution is -0.134. The smallest absolute Gasteiger partial charge is 0.319 e. The molecule has 27 heavy (non-hydrogen) atoms. The molecule has 8 nitrogen and oxygen atoms in total. The zero-order chi connectivity index (χ0) is 19.0. The van der Waals surface area contributed by atoms with E-state index in [9.17, 15) is 14.4 Å². The second-order valence-electron chi connectivity index (χ2n) is 6.64. The first-order chi connectivity index (χ1) is 13.0. The van der Waals surface area contributed by atoms with Gasteiger partial charge in [-0.25, -0.2) is 4.79 Å². The molecule has 1 atom stereocenters. The third kappa shape index (κ3) is 2.97. The predicted molar refractivity (Wildman–Crippen MR) is 99.2 cm³/mol. The first-order valence-electron chi connectivity index (χ1n) is 8.88. The van der Waals surface area contributed by atoms with Crippen LogP contribution < -0.4 is 10.6 Å². The number of aryl methyl sites for hydroxylation is 2. The zero-order valence-electron chi connectivity index (χ0n) is 14.8. The summed E-state index contributed by atoms with van der Waals surface area (Å²) >= 11 is 1.27. The molecule has 2 heterocycles. The number of fused-ring (bicyclic) bond motifs is 2. The molecule has 1 aliphatic carbocycles. The lowest BCUT2D eigenvalue weighted by Gasteiger charge is -2.33. The molecule has 0 saturated carbocycles. The van der Waals surface area contributed by atoms with Gasteiger partial charge in [0, 0.05) is 0 Å². The van der Waals surface area contributed by atoms with Crippen molar-refractivity contribution in [2.75, 3.05) is 11.9 Å². The number of carbonyl (C=O) groups is 3. The maximum atomic E-state index is 13.1. The number of nitrogens with zero attached hydrogens (tertiary/aromatic N) is 3. The number of hydrogen-bond acceptors (Lipinski definition) is 6. The monoisotopic (exact) mass is 385 g/mol. The van der Waals surface area contributed by atoms with Gasteiger partial charge in [-0.15, -0.1) is 10.2 Å². The van der Waals surface area contributed by atoms with Crippen LogP contribution in [0.4, 0.5) is 9.93 Å². The molecule has 1 aromatic carbocycles. The van der Waals surface area contributed by atoms with Crippen LogP contribution in [-0.4, -0.2) is 39.5 Å². The Kier molecular flexibility index (Phi) is 4.39. The summed E-state index contributed by atoms with van der Waals surface area (Å²) < 4.78 is 0. The van der Waals surface area contributed by atoms with Gasteiger partial charge in [-0.3, -0.25) is 19.8 Å². The van der Waals surface area contributed by atoms with E-state index in [-0.39, 0.29) is 12.5 Å². The van der Waals surface area contributed by atoms with Gasteiger partial charge >= 0.3 is 6.03 Å². The first kappa shape index (κ1) is 17.6. The van der Waals surface area contributed by atoms with E-state index in [2.05, 4.69) is 20.8 Å². The highest BCUT2D eigenvalue weighted by Crippen LogP contribution is 2.39. The molecule has 9 heteroatoms. The summed E-state index contributed by atoms with van der Waals surface area (Å²) in [6.45, 7) is 1.59. The summed E-state index contributed by atoms with van der Waals surface area (Å²) in [4.78, 5) is 38.9. The van der Waals surface area contributed by atoms with Gasteiger partial charge in [-0.1, -0.05) is 42.5 Å². The number of imide groups is 1. The number of rotatable bonds is 4. The van der Waals surface area contributed by atoms with E-state index in [1.807, 2.05) is 31.2 Å². The van der Waals surface area contributed by atoms with Crippen molar-refractivity contribution in [3.05, 3.63) is 40.4 Å². The Balaban J connectivity index is 1.53. The molecule has 1 unspecified atom stereocenters. The number of carbonyl (C=O) groups excluding carboxylic acids is 3. The molecular weight excluding hydrogens is 366 g/mol. The highest BCUT2D eigenvalue weighted by molar-refractivity contribution is 7.15. The number of anilines is 1. The summed E-state index contributed by atoms with van der Waals surface area (Å²) in [5, 5.41) is 14.4. The third-order valence-corrected chi connectivity index (χ3v) is 5.95. The van der Waals surface area contributed by atoms with E-state index >= 15 is 0 Å². The summed E-state index contributed by atoms with van der Waals surface area (Å²) in [5.74, 6) is -0.847. The minimum atomic E-state index is -1.07. The number of aromatic nitrogens is 2. The molecule has 0 bridgehead atoms. The Morgan fingerprint density at radius 1 is 1.33 bits per heavy atom. The molecule has 1 spiro atoms. The van der Waals surface area contributed by atoms with E-state index in [1.54, 1.807) is 0 Å². The molecule has 4 rings (SSSR count). The molecule has 1 saturated heterocycles. The van der Waals surface area contributed by atoms with E-state index in [1.165, 1.54) is 11.3 Å². The Hall–Kier alpha value is -2.81. The fourth-order valence-electron chi connectivity index (χ4n) is 3.70. The summed E-state index contributed by atoms with van der Waals surface area (Å²) in [6, 6.07) is 7.10. The Morgan fingerprint density at radius 2 is 2.15 bits per heavy atom. The molecular formula is C18H19N5O3S. The van der Waals surface area contributed by atoms with Gasteiger partial charge < -0.3 is 5.32 Å². The molecule has 0 radical (unpaired) electrons. The van der Waals surface area contributed by atoms with E-state index in [4.69, 9.17) is 0 Å². The van der Waals surface area contributed by atoms with Gasteiger partial charge in [0.2, 0.25) is 11.0 Å². The van der Waals surface area contributed by atoms with Gasteiger partial charge in [0.25, 0.3) is 5.91 Å². The topological polar surface area (TPSA) is 104 Å². The van der Waals surface area contributed by atoms with Crippen LogP contribution in [0.5, 0.6) is 0 Å². The number of hydrogen-bond donors (Lipinski definition) is 2. The van der Waals surface area contributed by atoms with Crippen LogP contribution in [0.1, 0.15) is 35.9 Å². The van der Waals surface area contributed by atoms with Crippen molar-refractivity contribution in [3.63, 3.8) is 0 Å². The molecule has 2 aliphatic rings. The lowest BCUT2D eigenvalue weighted by Crippen LogP contribution is -2.47. The molecule has 1 aromatic heterocycles. The van der Waals surface area contributed by atoms with Crippen molar-refractivity contribution < 1.29 is 14.4 Å². The van der Waals surface area contributed by atoms with Crippen molar-refractivity contribution in [2.45, 2.75) is 38.1 Å². The maximum absolute atomic E-state index is 13.1.